The van der Waals surface area contributed by atoms with Crippen LogP contribution in [0.15, 0.2) is 52.9 Å². The molecule has 0 radical (unpaired) electrons. The van der Waals surface area contributed by atoms with Gasteiger partial charge in [-0.25, -0.2) is 4.79 Å². The lowest BCUT2D eigenvalue weighted by Gasteiger charge is -2.10. The molecule has 5 heteroatoms. The molecule has 1 heterocycles. The van der Waals surface area contributed by atoms with Crippen molar-refractivity contribution in [1.82, 2.24) is 0 Å². The molecular weight excluding hydrogens is 294 g/mol. The van der Waals surface area contributed by atoms with Gasteiger partial charge in [-0.2, -0.15) is 0 Å². The second-order valence-electron chi connectivity index (χ2n) is 5.20. The molecule has 5 nitrogen and oxygen atoms in total. The van der Waals surface area contributed by atoms with Crippen LogP contribution in [-0.2, 0) is 6.54 Å². The standard InChI is InChI=1S/C18H15NO4/c1-11(20)13-6-2-3-7-15(13)19-10-12-5-4-8-16-14(12)9-17(23-16)18(21)22/h2-9,19H,10H2,1H3,(H,21,22). The third kappa shape index (κ3) is 2.94. The summed E-state index contributed by atoms with van der Waals surface area (Å²) in [7, 11) is 0. The topological polar surface area (TPSA) is 79.5 Å². The lowest BCUT2D eigenvalue weighted by Crippen LogP contribution is -2.04. The molecule has 1 aromatic heterocycles. The molecule has 2 N–H and O–H groups in total. The molecule has 3 rings (SSSR count). The lowest BCUT2D eigenvalue weighted by molar-refractivity contribution is 0.0665. The number of para-hydroxylation sites is 1. The fourth-order valence-electron chi connectivity index (χ4n) is 2.52. The van der Waals surface area contributed by atoms with Gasteiger partial charge in [0.15, 0.2) is 5.78 Å². The number of carbonyl (C=O) groups is 2. The summed E-state index contributed by atoms with van der Waals surface area (Å²) in [5.74, 6) is -1.19. The third-order valence-electron chi connectivity index (χ3n) is 3.64. The Balaban J connectivity index is 1.91. The summed E-state index contributed by atoms with van der Waals surface area (Å²) in [6, 6.07) is 14.2. The predicted molar refractivity (Wildman–Crippen MR) is 86.9 cm³/mol. The Morgan fingerprint density at radius 1 is 1.13 bits per heavy atom. The van der Waals surface area contributed by atoms with Crippen molar-refractivity contribution in [3.8, 4) is 0 Å². The minimum Gasteiger partial charge on any atom is -0.475 e. The maximum absolute atomic E-state index is 11.6. The van der Waals surface area contributed by atoms with Crippen LogP contribution in [0.2, 0.25) is 0 Å². The van der Waals surface area contributed by atoms with Crippen LogP contribution < -0.4 is 5.32 Å². The Labute approximate surface area is 132 Å². The number of rotatable bonds is 5. The number of carbonyl (C=O) groups excluding carboxylic acids is 1. The quantitative estimate of drug-likeness (QED) is 0.698. The van der Waals surface area contributed by atoms with Crippen molar-refractivity contribution >= 4 is 28.4 Å². The summed E-state index contributed by atoms with van der Waals surface area (Å²) in [5, 5.41) is 13.0. The molecule has 0 amide bonds. The Hall–Kier alpha value is -3.08. The van der Waals surface area contributed by atoms with Crippen LogP contribution in [0.3, 0.4) is 0 Å². The van der Waals surface area contributed by atoms with Crippen molar-refractivity contribution < 1.29 is 19.1 Å². The molecule has 0 fully saturated rings. The molecule has 0 aliphatic carbocycles. The number of fused-ring (bicyclic) bond motifs is 1. The molecular formula is C18H15NO4. The Morgan fingerprint density at radius 3 is 2.65 bits per heavy atom. The first-order chi connectivity index (χ1) is 11.1. The van der Waals surface area contributed by atoms with Gasteiger partial charge in [-0.1, -0.05) is 24.3 Å². The highest BCUT2D eigenvalue weighted by Crippen LogP contribution is 2.25. The van der Waals surface area contributed by atoms with Gasteiger partial charge >= 0.3 is 5.97 Å². The Kier molecular flexibility index (Phi) is 3.85. The number of carboxylic acid groups (broad SMARTS) is 1. The molecule has 0 bridgehead atoms. The van der Waals surface area contributed by atoms with Crippen LogP contribution in [0.25, 0.3) is 11.0 Å². The zero-order valence-corrected chi connectivity index (χ0v) is 12.5. The van der Waals surface area contributed by atoms with E-state index >= 15 is 0 Å². The fourth-order valence-corrected chi connectivity index (χ4v) is 2.52. The maximum Gasteiger partial charge on any atom is 0.371 e. The molecule has 2 aromatic carbocycles. The van der Waals surface area contributed by atoms with Gasteiger partial charge in [0.2, 0.25) is 5.76 Å². The van der Waals surface area contributed by atoms with Gasteiger partial charge < -0.3 is 14.8 Å². The number of hydrogen-bond donors (Lipinski definition) is 2. The molecule has 0 spiro atoms. The molecule has 0 aliphatic heterocycles. The van der Waals surface area contributed by atoms with E-state index in [0.29, 0.717) is 17.7 Å². The highest BCUT2D eigenvalue weighted by atomic mass is 16.4. The number of benzene rings is 2. The normalized spacial score (nSPS) is 10.7. The third-order valence-corrected chi connectivity index (χ3v) is 3.64. The summed E-state index contributed by atoms with van der Waals surface area (Å²) < 4.78 is 5.30. The molecule has 0 saturated heterocycles. The van der Waals surface area contributed by atoms with E-state index in [9.17, 15) is 9.59 Å². The van der Waals surface area contributed by atoms with E-state index in [0.717, 1.165) is 16.6 Å². The van der Waals surface area contributed by atoms with Crippen molar-refractivity contribution in [3.63, 3.8) is 0 Å². The van der Waals surface area contributed by atoms with Gasteiger partial charge in [0.05, 0.1) is 0 Å². The SMILES string of the molecule is CC(=O)c1ccccc1NCc1cccc2oc(C(=O)O)cc12. The summed E-state index contributed by atoms with van der Waals surface area (Å²) >= 11 is 0. The van der Waals surface area contributed by atoms with Crippen LogP contribution in [0.5, 0.6) is 0 Å². The number of aromatic carboxylic acids is 1. The Bertz CT molecular complexity index is 895. The molecule has 0 saturated carbocycles. The van der Waals surface area contributed by atoms with Crippen LogP contribution in [0, 0.1) is 0 Å². The minimum absolute atomic E-state index is 0.0113. The van der Waals surface area contributed by atoms with Gasteiger partial charge in [-0.15, -0.1) is 0 Å². The van der Waals surface area contributed by atoms with Crippen LogP contribution in [0.4, 0.5) is 5.69 Å². The zero-order chi connectivity index (χ0) is 16.4. The average Bonchev–Trinajstić information content (AvgIpc) is 2.98. The van der Waals surface area contributed by atoms with Crippen LogP contribution >= 0.6 is 0 Å². The molecule has 0 atom stereocenters. The van der Waals surface area contributed by atoms with Crippen LogP contribution in [0.1, 0.15) is 33.4 Å². The summed E-state index contributed by atoms with van der Waals surface area (Å²) in [5.41, 5.74) is 2.80. The predicted octanol–water partition coefficient (Wildman–Crippen LogP) is 3.95. The monoisotopic (exact) mass is 309 g/mol. The molecule has 0 unspecified atom stereocenters. The second kappa shape index (κ2) is 5.96. The summed E-state index contributed by atoms with van der Waals surface area (Å²) in [6.07, 6.45) is 0. The van der Waals surface area contributed by atoms with E-state index in [4.69, 9.17) is 9.52 Å². The number of ketones is 1. The summed E-state index contributed by atoms with van der Waals surface area (Å²) in [4.78, 5) is 22.7. The fraction of sp³-hybridized carbons (Fsp3) is 0.111. The van der Waals surface area contributed by atoms with E-state index in [-0.39, 0.29) is 11.5 Å². The summed E-state index contributed by atoms with van der Waals surface area (Å²) in [6.45, 7) is 1.98. The van der Waals surface area contributed by atoms with Crippen molar-refractivity contribution in [1.29, 1.82) is 0 Å². The van der Waals surface area contributed by atoms with Crippen molar-refractivity contribution in [2.24, 2.45) is 0 Å². The number of furan rings is 1. The first-order valence-electron chi connectivity index (χ1n) is 7.15. The van der Waals surface area contributed by atoms with Gasteiger partial charge in [0.1, 0.15) is 5.58 Å². The Morgan fingerprint density at radius 2 is 1.91 bits per heavy atom. The first-order valence-corrected chi connectivity index (χ1v) is 7.15. The van der Waals surface area contributed by atoms with E-state index < -0.39 is 5.97 Å². The zero-order valence-electron chi connectivity index (χ0n) is 12.5. The molecule has 23 heavy (non-hydrogen) atoms. The van der Waals surface area contributed by atoms with Crippen molar-refractivity contribution in [2.45, 2.75) is 13.5 Å². The lowest BCUT2D eigenvalue weighted by atomic mass is 10.1. The van der Waals surface area contributed by atoms with Crippen molar-refractivity contribution in [2.75, 3.05) is 5.32 Å². The van der Waals surface area contributed by atoms with E-state index in [2.05, 4.69) is 5.32 Å². The number of hydrogen-bond acceptors (Lipinski definition) is 4. The highest BCUT2D eigenvalue weighted by Gasteiger charge is 2.13. The van der Waals surface area contributed by atoms with E-state index in [1.165, 1.54) is 13.0 Å². The van der Waals surface area contributed by atoms with Gasteiger partial charge in [-0.05, 0) is 36.8 Å². The van der Waals surface area contributed by atoms with Gasteiger partial charge in [0, 0.05) is 23.2 Å². The number of anilines is 1. The van der Waals surface area contributed by atoms with Gasteiger partial charge in [0.25, 0.3) is 0 Å². The minimum atomic E-state index is -1.10. The number of Topliss-reactive ketones (excluding diaryl/α,β-unsaturated/α-hetero) is 1. The van der Waals surface area contributed by atoms with E-state index in [1.54, 1.807) is 12.1 Å². The number of nitrogens with one attached hydrogen (secondary N) is 1. The smallest absolute Gasteiger partial charge is 0.371 e. The highest BCUT2D eigenvalue weighted by molar-refractivity contribution is 5.99. The largest absolute Gasteiger partial charge is 0.475 e. The molecule has 0 aliphatic rings. The van der Waals surface area contributed by atoms with Crippen LogP contribution in [-0.4, -0.2) is 16.9 Å². The number of carboxylic acids is 1. The average molecular weight is 309 g/mol. The first kappa shape index (κ1) is 14.8. The molecule has 116 valence electrons. The van der Waals surface area contributed by atoms with Crippen molar-refractivity contribution in [3.05, 3.63) is 65.4 Å². The van der Waals surface area contributed by atoms with Gasteiger partial charge in [-0.3, -0.25) is 4.79 Å². The maximum atomic E-state index is 11.6. The van der Waals surface area contributed by atoms with E-state index in [1.807, 2.05) is 30.3 Å². The second-order valence-corrected chi connectivity index (χ2v) is 5.20. The molecule has 3 aromatic rings.